The van der Waals surface area contributed by atoms with E-state index in [1.165, 1.54) is 15.3 Å². The van der Waals surface area contributed by atoms with Crippen molar-refractivity contribution in [1.29, 1.82) is 0 Å². The summed E-state index contributed by atoms with van der Waals surface area (Å²) in [5, 5.41) is 9.74. The van der Waals surface area contributed by atoms with Crippen LogP contribution in [0.15, 0.2) is 41.3 Å². The van der Waals surface area contributed by atoms with Crippen LogP contribution in [0, 0.1) is 0 Å². The van der Waals surface area contributed by atoms with Gasteiger partial charge < -0.3 is 5.11 Å². The van der Waals surface area contributed by atoms with Crippen LogP contribution in [0.25, 0.3) is 5.69 Å². The van der Waals surface area contributed by atoms with Crippen LogP contribution in [0.1, 0.15) is 19.8 Å². The molecular weight excluding hydrogens is 216 g/mol. The lowest BCUT2D eigenvalue weighted by atomic mass is 10.3. The Bertz CT molecular complexity index is 540. The summed E-state index contributed by atoms with van der Waals surface area (Å²) < 4.78 is 2.86. The van der Waals surface area contributed by atoms with Crippen molar-refractivity contribution in [2.75, 3.05) is 0 Å². The third-order valence-electron chi connectivity index (χ3n) is 2.73. The number of hydrogen-bond donors (Lipinski definition) is 1. The van der Waals surface area contributed by atoms with E-state index < -0.39 is 0 Å². The highest BCUT2D eigenvalue weighted by Crippen LogP contribution is 2.12. The lowest BCUT2D eigenvalue weighted by Gasteiger charge is -2.01. The molecule has 0 saturated carbocycles. The lowest BCUT2D eigenvalue weighted by Crippen LogP contribution is -2.23. The molecule has 0 radical (unpaired) electrons. The molecular formula is C13H16N2O2. The summed E-state index contributed by atoms with van der Waals surface area (Å²) in [6.07, 6.45) is 3.34. The molecule has 2 aromatic rings. The molecule has 0 unspecified atom stereocenters. The molecule has 0 saturated heterocycles. The fourth-order valence-corrected chi connectivity index (χ4v) is 1.77. The van der Waals surface area contributed by atoms with Crippen molar-refractivity contribution >= 4 is 0 Å². The van der Waals surface area contributed by atoms with Crippen molar-refractivity contribution in [1.82, 2.24) is 9.13 Å². The number of aromatic hydroxyl groups is 1. The molecule has 4 heteroatoms. The van der Waals surface area contributed by atoms with Crippen LogP contribution < -0.4 is 5.69 Å². The molecule has 1 aromatic heterocycles. The van der Waals surface area contributed by atoms with Crippen molar-refractivity contribution in [2.24, 2.45) is 0 Å². The van der Waals surface area contributed by atoms with Gasteiger partial charge in [0.25, 0.3) is 0 Å². The van der Waals surface area contributed by atoms with E-state index in [4.69, 9.17) is 0 Å². The number of aromatic nitrogens is 2. The van der Waals surface area contributed by atoms with Gasteiger partial charge in [-0.3, -0.25) is 9.13 Å². The molecule has 90 valence electrons. The normalized spacial score (nSPS) is 10.6. The number of benzene rings is 1. The van der Waals surface area contributed by atoms with Crippen molar-refractivity contribution < 1.29 is 5.11 Å². The Balaban J connectivity index is 2.41. The highest BCUT2D eigenvalue weighted by Gasteiger charge is 2.10. The Morgan fingerprint density at radius 3 is 2.59 bits per heavy atom. The zero-order valence-electron chi connectivity index (χ0n) is 9.84. The third kappa shape index (κ3) is 2.25. The molecule has 2 rings (SSSR count). The summed E-state index contributed by atoms with van der Waals surface area (Å²) in [6, 6.07) is 9.29. The Labute approximate surface area is 99.8 Å². The van der Waals surface area contributed by atoms with E-state index in [9.17, 15) is 9.90 Å². The minimum absolute atomic E-state index is 0.0207. The fourth-order valence-electron chi connectivity index (χ4n) is 1.77. The van der Waals surface area contributed by atoms with Crippen LogP contribution in [0.3, 0.4) is 0 Å². The molecule has 0 aliphatic carbocycles. The molecule has 1 aromatic carbocycles. The van der Waals surface area contributed by atoms with Gasteiger partial charge in [0.15, 0.2) is 0 Å². The summed E-state index contributed by atoms with van der Waals surface area (Å²) in [7, 11) is 0. The first-order valence-electron chi connectivity index (χ1n) is 5.80. The van der Waals surface area contributed by atoms with E-state index in [1.54, 1.807) is 0 Å². The monoisotopic (exact) mass is 232 g/mol. The Kier molecular flexibility index (Phi) is 3.32. The van der Waals surface area contributed by atoms with E-state index in [0.29, 0.717) is 6.54 Å². The van der Waals surface area contributed by atoms with Gasteiger partial charge in [-0.15, -0.1) is 0 Å². The smallest absolute Gasteiger partial charge is 0.335 e. The third-order valence-corrected chi connectivity index (χ3v) is 2.73. The van der Waals surface area contributed by atoms with Gasteiger partial charge in [0, 0.05) is 6.54 Å². The van der Waals surface area contributed by atoms with Gasteiger partial charge >= 0.3 is 5.69 Å². The Hall–Kier alpha value is -1.97. The van der Waals surface area contributed by atoms with E-state index in [0.717, 1.165) is 18.5 Å². The van der Waals surface area contributed by atoms with Crippen LogP contribution in [-0.2, 0) is 6.54 Å². The van der Waals surface area contributed by atoms with E-state index in [-0.39, 0.29) is 11.6 Å². The van der Waals surface area contributed by atoms with Crippen LogP contribution in [0.5, 0.6) is 5.88 Å². The first kappa shape index (κ1) is 11.5. The van der Waals surface area contributed by atoms with Crippen LogP contribution in [-0.4, -0.2) is 14.2 Å². The van der Waals surface area contributed by atoms with E-state index in [1.807, 2.05) is 30.3 Å². The average molecular weight is 232 g/mol. The van der Waals surface area contributed by atoms with E-state index >= 15 is 0 Å². The van der Waals surface area contributed by atoms with Gasteiger partial charge in [-0.1, -0.05) is 31.5 Å². The van der Waals surface area contributed by atoms with Crippen LogP contribution in [0.2, 0.25) is 0 Å². The van der Waals surface area contributed by atoms with Gasteiger partial charge in [0.05, 0.1) is 11.9 Å². The zero-order chi connectivity index (χ0) is 12.3. The van der Waals surface area contributed by atoms with Crippen molar-refractivity contribution in [3.8, 4) is 11.6 Å². The summed E-state index contributed by atoms with van der Waals surface area (Å²) >= 11 is 0. The fraction of sp³-hybridized carbons (Fsp3) is 0.308. The van der Waals surface area contributed by atoms with Crippen molar-refractivity contribution in [3.05, 3.63) is 47.0 Å². The van der Waals surface area contributed by atoms with Crippen molar-refractivity contribution in [3.63, 3.8) is 0 Å². The summed E-state index contributed by atoms with van der Waals surface area (Å²) in [5.41, 5.74) is 0.574. The highest BCUT2D eigenvalue weighted by atomic mass is 16.3. The molecule has 0 aliphatic rings. The molecule has 0 amide bonds. The topological polar surface area (TPSA) is 47.2 Å². The Morgan fingerprint density at radius 2 is 1.94 bits per heavy atom. The van der Waals surface area contributed by atoms with Gasteiger partial charge in [0.1, 0.15) is 0 Å². The minimum atomic E-state index is -0.192. The van der Waals surface area contributed by atoms with Gasteiger partial charge in [-0.2, -0.15) is 0 Å². The summed E-state index contributed by atoms with van der Waals surface area (Å²) in [4.78, 5) is 12.1. The van der Waals surface area contributed by atoms with Gasteiger partial charge in [-0.25, -0.2) is 4.79 Å². The summed E-state index contributed by atoms with van der Waals surface area (Å²) in [6.45, 7) is 2.61. The predicted octanol–water partition coefficient (Wildman–Crippen LogP) is 2.14. The van der Waals surface area contributed by atoms with Crippen LogP contribution >= 0.6 is 0 Å². The minimum Gasteiger partial charge on any atom is -0.493 e. The quantitative estimate of drug-likeness (QED) is 0.878. The second kappa shape index (κ2) is 4.91. The number of unbranched alkanes of at least 4 members (excludes halogenated alkanes) is 1. The summed E-state index contributed by atoms with van der Waals surface area (Å²) in [5.74, 6) is 0.0207. The lowest BCUT2D eigenvalue weighted by molar-refractivity contribution is 0.408. The number of imidazole rings is 1. The molecule has 1 N–H and O–H groups in total. The van der Waals surface area contributed by atoms with Crippen molar-refractivity contribution in [2.45, 2.75) is 26.3 Å². The maximum Gasteiger partial charge on any atom is 0.335 e. The molecule has 0 fully saturated rings. The molecule has 1 heterocycles. The van der Waals surface area contributed by atoms with Crippen LogP contribution in [0.4, 0.5) is 0 Å². The van der Waals surface area contributed by atoms with Gasteiger partial charge in [-0.05, 0) is 18.6 Å². The molecule has 17 heavy (non-hydrogen) atoms. The molecule has 4 nitrogen and oxygen atoms in total. The first-order valence-corrected chi connectivity index (χ1v) is 5.80. The SMILES string of the molecule is CCCCn1c(O)cn(-c2ccccc2)c1=O. The second-order valence-corrected chi connectivity index (χ2v) is 3.98. The number of para-hydroxylation sites is 1. The zero-order valence-corrected chi connectivity index (χ0v) is 9.84. The van der Waals surface area contributed by atoms with Gasteiger partial charge in [0.2, 0.25) is 5.88 Å². The van der Waals surface area contributed by atoms with E-state index in [2.05, 4.69) is 6.92 Å². The highest BCUT2D eigenvalue weighted by molar-refractivity contribution is 5.32. The maximum atomic E-state index is 12.1. The maximum absolute atomic E-state index is 12.1. The molecule has 0 bridgehead atoms. The number of rotatable bonds is 4. The largest absolute Gasteiger partial charge is 0.493 e. The number of nitrogens with zero attached hydrogens (tertiary/aromatic N) is 2. The molecule has 0 atom stereocenters. The predicted molar refractivity (Wildman–Crippen MR) is 66.6 cm³/mol. The number of hydrogen-bond acceptors (Lipinski definition) is 2. The average Bonchev–Trinajstić information content (AvgIpc) is 2.64. The first-order chi connectivity index (χ1) is 8.24. The Morgan fingerprint density at radius 1 is 1.24 bits per heavy atom. The standard InChI is InChI=1S/C13H16N2O2/c1-2-3-9-14-12(16)10-15(13(14)17)11-7-5-4-6-8-11/h4-8,10,16H,2-3,9H2,1H3. The molecule has 0 aliphatic heterocycles. The second-order valence-electron chi connectivity index (χ2n) is 3.98. The molecule has 0 spiro atoms.